The second-order valence-electron chi connectivity index (χ2n) is 6.91. The summed E-state index contributed by atoms with van der Waals surface area (Å²) in [6, 6.07) is 9.65. The maximum Gasteiger partial charge on any atom is 0.246 e. The molecule has 0 unspecified atom stereocenters. The fourth-order valence-corrected chi connectivity index (χ4v) is 4.97. The van der Waals surface area contributed by atoms with Crippen LogP contribution in [-0.4, -0.2) is 48.8 Å². The van der Waals surface area contributed by atoms with Gasteiger partial charge in [0.25, 0.3) is 0 Å². The maximum absolute atomic E-state index is 13.9. The van der Waals surface area contributed by atoms with E-state index in [0.717, 1.165) is 17.7 Å². The molecular formula is C20H18ClF2N3O3S. The van der Waals surface area contributed by atoms with Crippen LogP contribution >= 0.6 is 11.6 Å². The highest BCUT2D eigenvalue weighted by atomic mass is 35.5. The highest BCUT2D eigenvalue weighted by Gasteiger charge is 2.31. The van der Waals surface area contributed by atoms with E-state index in [1.807, 2.05) is 17.0 Å². The van der Waals surface area contributed by atoms with Gasteiger partial charge in [-0.2, -0.15) is 4.31 Å². The fourth-order valence-electron chi connectivity index (χ4n) is 3.31. The summed E-state index contributed by atoms with van der Waals surface area (Å²) in [5, 5.41) is 0.585. The number of benzene rings is 2. The molecule has 0 spiro atoms. The molecule has 158 valence electrons. The van der Waals surface area contributed by atoms with Gasteiger partial charge < -0.3 is 4.42 Å². The Morgan fingerprint density at radius 2 is 1.83 bits per heavy atom. The van der Waals surface area contributed by atoms with E-state index in [9.17, 15) is 17.2 Å². The van der Waals surface area contributed by atoms with Gasteiger partial charge >= 0.3 is 0 Å². The zero-order valence-electron chi connectivity index (χ0n) is 15.8. The average molecular weight is 454 g/mol. The predicted molar refractivity (Wildman–Crippen MR) is 107 cm³/mol. The standard InChI is InChI=1S/C20H18ClF2N3O3S/c21-15-3-1-2-14(10-15)20-24-17(13-29-20)12-25-6-8-26(9-7-25)30(27,28)19-5-4-16(22)11-18(19)23/h1-5,10-11,13H,6-9,12H2. The average Bonchev–Trinajstić information content (AvgIpc) is 3.17. The van der Waals surface area contributed by atoms with Crippen molar-refractivity contribution in [2.24, 2.45) is 0 Å². The zero-order valence-corrected chi connectivity index (χ0v) is 17.3. The minimum atomic E-state index is -4.02. The molecule has 10 heteroatoms. The van der Waals surface area contributed by atoms with Gasteiger partial charge in [0.2, 0.25) is 15.9 Å². The lowest BCUT2D eigenvalue weighted by Gasteiger charge is -2.33. The molecule has 6 nitrogen and oxygen atoms in total. The highest BCUT2D eigenvalue weighted by molar-refractivity contribution is 7.89. The molecule has 3 aromatic rings. The molecule has 0 atom stereocenters. The summed E-state index contributed by atoms with van der Waals surface area (Å²) in [6.45, 7) is 1.77. The molecule has 1 aromatic heterocycles. The number of hydrogen-bond donors (Lipinski definition) is 0. The molecule has 1 aliphatic heterocycles. The van der Waals surface area contributed by atoms with Gasteiger partial charge in [-0.25, -0.2) is 22.2 Å². The lowest BCUT2D eigenvalue weighted by atomic mass is 10.2. The van der Waals surface area contributed by atoms with Gasteiger partial charge in [0.05, 0.1) is 5.69 Å². The van der Waals surface area contributed by atoms with Crippen molar-refractivity contribution < 1.29 is 21.6 Å². The summed E-state index contributed by atoms with van der Waals surface area (Å²) in [4.78, 5) is 5.99. The lowest BCUT2D eigenvalue weighted by Crippen LogP contribution is -2.48. The van der Waals surface area contributed by atoms with Gasteiger partial charge in [-0.15, -0.1) is 0 Å². The molecule has 30 heavy (non-hydrogen) atoms. The van der Waals surface area contributed by atoms with E-state index in [-0.39, 0.29) is 13.1 Å². The van der Waals surface area contributed by atoms with Crippen molar-refractivity contribution in [2.45, 2.75) is 11.4 Å². The van der Waals surface area contributed by atoms with Crippen LogP contribution in [0.25, 0.3) is 11.5 Å². The third-order valence-corrected chi connectivity index (χ3v) is 7.02. The number of piperazine rings is 1. The number of oxazole rings is 1. The lowest BCUT2D eigenvalue weighted by molar-refractivity contribution is 0.179. The fraction of sp³-hybridized carbons (Fsp3) is 0.250. The molecule has 2 aromatic carbocycles. The first-order chi connectivity index (χ1) is 14.3. The van der Waals surface area contributed by atoms with E-state index in [1.54, 1.807) is 18.4 Å². The normalized spacial score (nSPS) is 16.1. The Morgan fingerprint density at radius 1 is 1.07 bits per heavy atom. The minimum absolute atomic E-state index is 0.193. The number of halogens is 3. The van der Waals surface area contributed by atoms with Crippen LogP contribution in [0, 0.1) is 11.6 Å². The molecule has 0 amide bonds. The molecule has 1 fully saturated rings. The van der Waals surface area contributed by atoms with Crippen LogP contribution in [0.4, 0.5) is 8.78 Å². The summed E-state index contributed by atoms with van der Waals surface area (Å²) < 4.78 is 59.1. The van der Waals surface area contributed by atoms with Crippen molar-refractivity contribution in [3.05, 3.63) is 71.1 Å². The van der Waals surface area contributed by atoms with E-state index in [1.165, 1.54) is 4.31 Å². The first-order valence-corrected chi connectivity index (χ1v) is 11.0. The molecule has 1 aliphatic rings. The van der Waals surface area contributed by atoms with Crippen LogP contribution < -0.4 is 0 Å². The third kappa shape index (κ3) is 4.39. The van der Waals surface area contributed by atoms with Crippen LogP contribution in [0.5, 0.6) is 0 Å². The van der Waals surface area contributed by atoms with Crippen molar-refractivity contribution in [1.82, 2.24) is 14.2 Å². The first kappa shape index (κ1) is 20.9. The summed E-state index contributed by atoms with van der Waals surface area (Å²) in [5.74, 6) is -1.45. The molecule has 0 bridgehead atoms. The van der Waals surface area contributed by atoms with Gasteiger partial charge in [-0.3, -0.25) is 4.90 Å². The topological polar surface area (TPSA) is 66.7 Å². The van der Waals surface area contributed by atoms with Crippen molar-refractivity contribution in [1.29, 1.82) is 0 Å². The second-order valence-corrected chi connectivity index (χ2v) is 9.25. The number of aromatic nitrogens is 1. The van der Waals surface area contributed by atoms with Crippen molar-refractivity contribution >= 4 is 21.6 Å². The molecule has 4 rings (SSSR count). The zero-order chi connectivity index (χ0) is 21.3. The van der Waals surface area contributed by atoms with Crippen molar-refractivity contribution in [3.63, 3.8) is 0 Å². The molecule has 0 aliphatic carbocycles. The van der Waals surface area contributed by atoms with Crippen LogP contribution in [-0.2, 0) is 16.6 Å². The summed E-state index contributed by atoms with van der Waals surface area (Å²) in [5.41, 5.74) is 1.48. The first-order valence-electron chi connectivity index (χ1n) is 9.21. The third-order valence-electron chi connectivity index (χ3n) is 4.85. The molecule has 0 saturated carbocycles. The Bertz CT molecular complexity index is 1160. The van der Waals surface area contributed by atoms with Gasteiger partial charge in [-0.05, 0) is 30.3 Å². The molecular weight excluding hydrogens is 436 g/mol. The quantitative estimate of drug-likeness (QED) is 0.588. The Balaban J connectivity index is 1.39. The molecule has 2 heterocycles. The van der Waals surface area contributed by atoms with Crippen molar-refractivity contribution in [3.8, 4) is 11.5 Å². The van der Waals surface area contributed by atoms with Crippen LogP contribution in [0.2, 0.25) is 5.02 Å². The molecule has 0 N–H and O–H groups in total. The summed E-state index contributed by atoms with van der Waals surface area (Å²) in [7, 11) is -4.02. The number of hydrogen-bond acceptors (Lipinski definition) is 5. The second kappa shape index (κ2) is 8.43. The number of nitrogens with zero attached hydrogens (tertiary/aromatic N) is 3. The Labute approximate surface area is 177 Å². The van der Waals surface area contributed by atoms with Crippen LogP contribution in [0.3, 0.4) is 0 Å². The minimum Gasteiger partial charge on any atom is -0.444 e. The van der Waals surface area contributed by atoms with E-state index < -0.39 is 26.6 Å². The smallest absolute Gasteiger partial charge is 0.246 e. The molecule has 0 radical (unpaired) electrons. The van der Waals surface area contributed by atoms with E-state index >= 15 is 0 Å². The van der Waals surface area contributed by atoms with E-state index in [2.05, 4.69) is 4.98 Å². The molecule has 1 saturated heterocycles. The Hall–Kier alpha value is -2.33. The van der Waals surface area contributed by atoms with E-state index in [0.29, 0.717) is 42.3 Å². The van der Waals surface area contributed by atoms with Gasteiger partial charge in [0.1, 0.15) is 22.8 Å². The monoisotopic (exact) mass is 453 g/mol. The largest absolute Gasteiger partial charge is 0.444 e. The van der Waals surface area contributed by atoms with Gasteiger partial charge in [-0.1, -0.05) is 17.7 Å². The van der Waals surface area contributed by atoms with Gasteiger partial charge in [0.15, 0.2) is 0 Å². The summed E-state index contributed by atoms with van der Waals surface area (Å²) in [6.07, 6.45) is 1.56. The number of rotatable bonds is 5. The summed E-state index contributed by atoms with van der Waals surface area (Å²) >= 11 is 6.00. The van der Waals surface area contributed by atoms with E-state index in [4.69, 9.17) is 16.0 Å². The van der Waals surface area contributed by atoms with Crippen LogP contribution in [0.1, 0.15) is 5.69 Å². The van der Waals surface area contributed by atoms with Crippen LogP contribution in [0.15, 0.2) is 58.0 Å². The SMILES string of the molecule is O=S(=O)(c1ccc(F)cc1F)N1CCN(Cc2coc(-c3cccc(Cl)c3)n2)CC1. The Morgan fingerprint density at radius 3 is 2.53 bits per heavy atom. The van der Waals surface area contributed by atoms with Gasteiger partial charge in [0, 0.05) is 49.4 Å². The highest BCUT2D eigenvalue weighted by Crippen LogP contribution is 2.24. The Kier molecular flexibility index (Phi) is 5.88. The number of sulfonamides is 1. The maximum atomic E-state index is 13.9. The van der Waals surface area contributed by atoms with Crippen molar-refractivity contribution in [2.75, 3.05) is 26.2 Å². The predicted octanol–water partition coefficient (Wildman–Crippen LogP) is 3.78.